The van der Waals surface area contributed by atoms with E-state index in [2.05, 4.69) is 20.8 Å². The summed E-state index contributed by atoms with van der Waals surface area (Å²) in [5.41, 5.74) is 0. The zero-order valence-electron chi connectivity index (χ0n) is 14.9. The molecule has 0 bridgehead atoms. The van der Waals surface area contributed by atoms with Crippen molar-refractivity contribution in [2.24, 2.45) is 5.92 Å². The summed E-state index contributed by atoms with van der Waals surface area (Å²) in [7, 11) is 0. The van der Waals surface area contributed by atoms with Crippen molar-refractivity contribution in [3.63, 3.8) is 0 Å². The Kier molecular flexibility index (Phi) is 17.1. The summed E-state index contributed by atoms with van der Waals surface area (Å²) in [5.74, 6) is 1.04. The van der Waals surface area contributed by atoms with Gasteiger partial charge < -0.3 is 0 Å². The van der Waals surface area contributed by atoms with E-state index in [1.54, 1.807) is 0 Å². The highest BCUT2D eigenvalue weighted by Crippen LogP contribution is 2.22. The molecule has 0 heteroatoms. The molecule has 0 aliphatic carbocycles. The van der Waals surface area contributed by atoms with E-state index in [1.165, 1.54) is 103 Å². The molecule has 0 aliphatic heterocycles. The molecule has 0 aromatic carbocycles. The molecule has 122 valence electrons. The quantitative estimate of drug-likeness (QED) is 0.252. The second-order valence-electron chi connectivity index (χ2n) is 6.77. The molecule has 0 amide bonds. The second kappa shape index (κ2) is 17.1. The van der Waals surface area contributed by atoms with Gasteiger partial charge >= 0.3 is 0 Å². The number of unbranched alkanes of at least 4 members (excludes halogenated alkanes) is 10. The van der Waals surface area contributed by atoms with Crippen LogP contribution in [-0.4, -0.2) is 0 Å². The van der Waals surface area contributed by atoms with Gasteiger partial charge in [-0.25, -0.2) is 0 Å². The molecule has 0 aromatic heterocycles. The molecule has 0 saturated heterocycles. The summed E-state index contributed by atoms with van der Waals surface area (Å²) >= 11 is 0. The van der Waals surface area contributed by atoms with Crippen molar-refractivity contribution in [3.05, 3.63) is 0 Å². The minimum atomic E-state index is 1.04. The van der Waals surface area contributed by atoms with E-state index in [-0.39, 0.29) is 0 Å². The third kappa shape index (κ3) is 14.4. The van der Waals surface area contributed by atoms with E-state index in [1.807, 2.05) is 0 Å². The Hall–Kier alpha value is 0. The third-order valence-electron chi connectivity index (χ3n) is 4.63. The van der Waals surface area contributed by atoms with E-state index in [0.29, 0.717) is 0 Å². The SMILES string of the molecule is CCCCCCCCCCCCC(CCC)CCCC. The summed E-state index contributed by atoms with van der Waals surface area (Å²) in [6.07, 6.45) is 23.3. The topological polar surface area (TPSA) is 0 Å². The molecule has 0 N–H and O–H groups in total. The maximum Gasteiger partial charge on any atom is -0.0414 e. The zero-order chi connectivity index (χ0) is 14.9. The van der Waals surface area contributed by atoms with Gasteiger partial charge in [0.05, 0.1) is 0 Å². The molecule has 0 aromatic rings. The van der Waals surface area contributed by atoms with Gasteiger partial charge in [0.2, 0.25) is 0 Å². The molecule has 20 heavy (non-hydrogen) atoms. The van der Waals surface area contributed by atoms with Crippen molar-refractivity contribution in [2.75, 3.05) is 0 Å². The highest BCUT2D eigenvalue weighted by Gasteiger charge is 2.06. The van der Waals surface area contributed by atoms with Gasteiger partial charge in [0.1, 0.15) is 0 Å². The first-order chi connectivity index (χ1) is 9.85. The Morgan fingerprint density at radius 3 is 1.35 bits per heavy atom. The smallest absolute Gasteiger partial charge is 0.0414 e. The van der Waals surface area contributed by atoms with Crippen LogP contribution in [0.4, 0.5) is 0 Å². The lowest BCUT2D eigenvalue weighted by Crippen LogP contribution is -2.00. The van der Waals surface area contributed by atoms with Crippen LogP contribution >= 0.6 is 0 Å². The van der Waals surface area contributed by atoms with Crippen LogP contribution in [0, 0.1) is 5.92 Å². The fraction of sp³-hybridized carbons (Fsp3) is 1.00. The molecular formula is C20H42. The molecule has 0 heterocycles. The van der Waals surface area contributed by atoms with Gasteiger partial charge in [-0.1, -0.05) is 124 Å². The lowest BCUT2D eigenvalue weighted by atomic mass is 9.91. The zero-order valence-corrected chi connectivity index (χ0v) is 14.9. The van der Waals surface area contributed by atoms with Gasteiger partial charge in [0.15, 0.2) is 0 Å². The first kappa shape index (κ1) is 20.0. The van der Waals surface area contributed by atoms with Crippen molar-refractivity contribution in [1.82, 2.24) is 0 Å². The van der Waals surface area contributed by atoms with Gasteiger partial charge in [-0.3, -0.25) is 0 Å². The van der Waals surface area contributed by atoms with E-state index in [9.17, 15) is 0 Å². The number of hydrogen-bond acceptors (Lipinski definition) is 0. The number of hydrogen-bond donors (Lipinski definition) is 0. The summed E-state index contributed by atoms with van der Waals surface area (Å²) < 4.78 is 0. The Morgan fingerprint density at radius 1 is 0.400 bits per heavy atom. The highest BCUT2D eigenvalue weighted by molar-refractivity contribution is 4.59. The minimum absolute atomic E-state index is 1.04. The van der Waals surface area contributed by atoms with Gasteiger partial charge in [0.25, 0.3) is 0 Å². The monoisotopic (exact) mass is 282 g/mol. The lowest BCUT2D eigenvalue weighted by molar-refractivity contribution is 0.383. The Morgan fingerprint density at radius 2 is 0.850 bits per heavy atom. The maximum absolute atomic E-state index is 2.34. The normalized spacial score (nSPS) is 12.8. The van der Waals surface area contributed by atoms with Gasteiger partial charge in [-0.15, -0.1) is 0 Å². The fourth-order valence-electron chi connectivity index (χ4n) is 3.25. The van der Waals surface area contributed by atoms with Crippen LogP contribution in [0.2, 0.25) is 0 Å². The molecule has 0 radical (unpaired) electrons. The van der Waals surface area contributed by atoms with Crippen LogP contribution in [-0.2, 0) is 0 Å². The summed E-state index contributed by atoms with van der Waals surface area (Å²) in [6, 6.07) is 0. The predicted molar refractivity (Wildman–Crippen MR) is 94.4 cm³/mol. The van der Waals surface area contributed by atoms with Crippen molar-refractivity contribution < 1.29 is 0 Å². The molecule has 0 rings (SSSR count). The van der Waals surface area contributed by atoms with Crippen LogP contribution in [0.1, 0.15) is 124 Å². The van der Waals surface area contributed by atoms with Crippen molar-refractivity contribution in [3.8, 4) is 0 Å². The maximum atomic E-state index is 2.34. The van der Waals surface area contributed by atoms with Gasteiger partial charge in [-0.2, -0.15) is 0 Å². The molecule has 0 saturated carbocycles. The van der Waals surface area contributed by atoms with E-state index >= 15 is 0 Å². The van der Waals surface area contributed by atoms with Crippen molar-refractivity contribution >= 4 is 0 Å². The molecule has 1 atom stereocenters. The molecular weight excluding hydrogens is 240 g/mol. The molecule has 0 fully saturated rings. The minimum Gasteiger partial charge on any atom is -0.0654 e. The molecule has 0 nitrogen and oxygen atoms in total. The molecule has 0 aliphatic rings. The average Bonchev–Trinajstić information content (AvgIpc) is 2.46. The second-order valence-corrected chi connectivity index (χ2v) is 6.77. The third-order valence-corrected chi connectivity index (χ3v) is 4.63. The van der Waals surface area contributed by atoms with Crippen LogP contribution in [0.3, 0.4) is 0 Å². The van der Waals surface area contributed by atoms with Crippen LogP contribution in [0.5, 0.6) is 0 Å². The summed E-state index contributed by atoms with van der Waals surface area (Å²) in [6.45, 7) is 6.97. The first-order valence-electron chi connectivity index (χ1n) is 9.85. The van der Waals surface area contributed by atoms with Crippen molar-refractivity contribution in [1.29, 1.82) is 0 Å². The molecule has 1 unspecified atom stereocenters. The molecule has 0 spiro atoms. The standard InChI is InChI=1S/C20H42/c1-4-7-9-10-11-12-13-14-15-16-19-20(17-6-3)18-8-5-2/h20H,4-19H2,1-3H3. The lowest BCUT2D eigenvalue weighted by Gasteiger charge is -2.15. The van der Waals surface area contributed by atoms with Gasteiger partial charge in [0, 0.05) is 0 Å². The van der Waals surface area contributed by atoms with Crippen molar-refractivity contribution in [2.45, 2.75) is 124 Å². The first-order valence-corrected chi connectivity index (χ1v) is 9.85. The predicted octanol–water partition coefficient (Wildman–Crippen LogP) is 7.90. The van der Waals surface area contributed by atoms with Crippen LogP contribution in [0.25, 0.3) is 0 Å². The van der Waals surface area contributed by atoms with Crippen LogP contribution < -0.4 is 0 Å². The highest BCUT2D eigenvalue weighted by atomic mass is 14.1. The number of rotatable bonds is 16. The summed E-state index contributed by atoms with van der Waals surface area (Å²) in [4.78, 5) is 0. The van der Waals surface area contributed by atoms with Crippen LogP contribution in [0.15, 0.2) is 0 Å². The van der Waals surface area contributed by atoms with E-state index in [4.69, 9.17) is 0 Å². The Bertz CT molecular complexity index is 161. The summed E-state index contributed by atoms with van der Waals surface area (Å²) in [5, 5.41) is 0. The Labute approximate surface area is 130 Å². The Balaban J connectivity index is 3.27. The van der Waals surface area contributed by atoms with Gasteiger partial charge in [-0.05, 0) is 5.92 Å². The van der Waals surface area contributed by atoms with E-state index < -0.39 is 0 Å². The van der Waals surface area contributed by atoms with E-state index in [0.717, 1.165) is 5.92 Å². The average molecular weight is 283 g/mol. The fourth-order valence-corrected chi connectivity index (χ4v) is 3.25. The largest absolute Gasteiger partial charge is 0.0654 e.